The SMILES string of the molecule is c1ccc2c(c1)cc1c3c2c2ccccc2n3C1. The van der Waals surface area contributed by atoms with E-state index in [0.717, 1.165) is 6.54 Å². The molecule has 0 fully saturated rings. The van der Waals surface area contributed by atoms with Crippen molar-refractivity contribution in [1.82, 2.24) is 4.57 Å². The molecule has 0 saturated heterocycles. The summed E-state index contributed by atoms with van der Waals surface area (Å²) in [4.78, 5) is 0. The zero-order valence-corrected chi connectivity index (χ0v) is 9.85. The molecule has 0 N–H and O–H groups in total. The van der Waals surface area contributed by atoms with Crippen molar-refractivity contribution in [3.8, 4) is 0 Å². The van der Waals surface area contributed by atoms with E-state index in [9.17, 15) is 0 Å². The number of benzene rings is 3. The third-order valence-corrected chi connectivity index (χ3v) is 4.16. The molecule has 1 aliphatic heterocycles. The Labute approximate surface area is 104 Å². The zero-order chi connectivity index (χ0) is 11.7. The van der Waals surface area contributed by atoms with Crippen LogP contribution in [0.3, 0.4) is 0 Å². The minimum Gasteiger partial charge on any atom is -0.336 e. The minimum atomic E-state index is 1.06. The van der Waals surface area contributed by atoms with Crippen molar-refractivity contribution in [2.45, 2.75) is 6.54 Å². The highest BCUT2D eigenvalue weighted by Gasteiger charge is 2.23. The van der Waals surface area contributed by atoms with E-state index in [1.165, 1.54) is 38.1 Å². The fourth-order valence-electron chi connectivity index (χ4n) is 3.38. The summed E-state index contributed by atoms with van der Waals surface area (Å²) in [6, 6.07) is 19.8. The molecule has 0 bridgehead atoms. The van der Waals surface area contributed by atoms with Crippen LogP contribution in [-0.4, -0.2) is 4.57 Å². The van der Waals surface area contributed by atoms with Crippen molar-refractivity contribution in [3.05, 3.63) is 60.2 Å². The number of aromatic nitrogens is 1. The number of para-hydroxylation sites is 1. The lowest BCUT2D eigenvalue weighted by molar-refractivity contribution is 0.807. The van der Waals surface area contributed by atoms with Crippen LogP contribution in [0.25, 0.3) is 32.6 Å². The molecule has 0 atom stereocenters. The van der Waals surface area contributed by atoms with Crippen molar-refractivity contribution in [2.75, 3.05) is 0 Å². The summed E-state index contributed by atoms with van der Waals surface area (Å²) in [5.41, 5.74) is 4.30. The van der Waals surface area contributed by atoms with Crippen LogP contribution in [-0.2, 0) is 6.54 Å². The Kier molecular flexibility index (Phi) is 1.34. The van der Waals surface area contributed by atoms with Gasteiger partial charge in [-0.25, -0.2) is 0 Å². The van der Waals surface area contributed by atoms with Crippen LogP contribution in [0, 0.1) is 0 Å². The van der Waals surface area contributed by atoms with Gasteiger partial charge in [0.1, 0.15) is 0 Å². The molecule has 0 radical (unpaired) electrons. The molecule has 1 aliphatic rings. The molecule has 1 aromatic heterocycles. The van der Waals surface area contributed by atoms with E-state index in [0.29, 0.717) is 0 Å². The lowest BCUT2D eigenvalue weighted by atomic mass is 9.98. The van der Waals surface area contributed by atoms with Crippen molar-refractivity contribution < 1.29 is 0 Å². The predicted octanol–water partition coefficient (Wildman–Crippen LogP) is 4.31. The van der Waals surface area contributed by atoms with Crippen LogP contribution >= 0.6 is 0 Å². The Morgan fingerprint density at radius 2 is 1.61 bits per heavy atom. The van der Waals surface area contributed by atoms with Gasteiger partial charge < -0.3 is 4.57 Å². The maximum absolute atomic E-state index is 2.44. The lowest BCUT2D eigenvalue weighted by Crippen LogP contribution is -2.10. The highest BCUT2D eigenvalue weighted by molar-refractivity contribution is 6.22. The molecular weight excluding hydrogens is 218 g/mol. The first-order valence-electron chi connectivity index (χ1n) is 6.35. The smallest absolute Gasteiger partial charge is 0.0551 e. The molecule has 0 aliphatic carbocycles. The van der Waals surface area contributed by atoms with Crippen LogP contribution in [0.4, 0.5) is 0 Å². The monoisotopic (exact) mass is 229 g/mol. The van der Waals surface area contributed by atoms with Crippen molar-refractivity contribution in [1.29, 1.82) is 0 Å². The van der Waals surface area contributed by atoms with Gasteiger partial charge in [-0.1, -0.05) is 42.5 Å². The van der Waals surface area contributed by atoms with Crippen molar-refractivity contribution >= 4 is 32.6 Å². The summed E-state index contributed by atoms with van der Waals surface area (Å²) in [6.07, 6.45) is 0. The first-order chi connectivity index (χ1) is 8.93. The molecule has 4 aromatic rings. The largest absolute Gasteiger partial charge is 0.336 e. The number of rotatable bonds is 0. The highest BCUT2D eigenvalue weighted by Crippen LogP contribution is 2.42. The minimum absolute atomic E-state index is 1.06. The molecule has 5 rings (SSSR count). The van der Waals surface area contributed by atoms with Crippen LogP contribution in [0.1, 0.15) is 5.56 Å². The maximum Gasteiger partial charge on any atom is 0.0551 e. The summed E-state index contributed by atoms with van der Waals surface area (Å²) >= 11 is 0. The average Bonchev–Trinajstić information content (AvgIpc) is 2.69. The standard InChI is InChI=1S/C17H11N/c1-2-6-13-11(5-1)9-12-10-18-15-8-4-3-7-14(15)16(13)17(12)18/h1-9H,10H2. The zero-order valence-electron chi connectivity index (χ0n) is 9.85. The van der Waals surface area contributed by atoms with Crippen LogP contribution in [0.5, 0.6) is 0 Å². The predicted molar refractivity (Wildman–Crippen MR) is 76.1 cm³/mol. The van der Waals surface area contributed by atoms with Gasteiger partial charge in [0.15, 0.2) is 0 Å². The van der Waals surface area contributed by atoms with Gasteiger partial charge in [0, 0.05) is 16.3 Å². The maximum atomic E-state index is 2.44. The summed E-state index contributed by atoms with van der Waals surface area (Å²) in [6.45, 7) is 1.06. The molecule has 1 nitrogen and oxygen atoms in total. The van der Waals surface area contributed by atoms with Gasteiger partial charge in [0.05, 0.1) is 12.1 Å². The van der Waals surface area contributed by atoms with Gasteiger partial charge in [0.25, 0.3) is 0 Å². The Hall–Kier alpha value is -2.28. The van der Waals surface area contributed by atoms with E-state index in [-0.39, 0.29) is 0 Å². The molecular formula is C17H11N. The van der Waals surface area contributed by atoms with Crippen LogP contribution in [0.2, 0.25) is 0 Å². The van der Waals surface area contributed by atoms with Gasteiger partial charge in [-0.05, 0) is 28.5 Å². The van der Waals surface area contributed by atoms with Gasteiger partial charge >= 0.3 is 0 Å². The number of hydrogen-bond acceptors (Lipinski definition) is 0. The average molecular weight is 229 g/mol. The quantitative estimate of drug-likeness (QED) is 0.373. The van der Waals surface area contributed by atoms with E-state index in [2.05, 4.69) is 59.2 Å². The van der Waals surface area contributed by atoms with Crippen LogP contribution in [0.15, 0.2) is 54.6 Å². The molecule has 2 heterocycles. The molecule has 0 unspecified atom stereocenters. The van der Waals surface area contributed by atoms with Crippen molar-refractivity contribution in [3.63, 3.8) is 0 Å². The summed E-state index contributed by atoms with van der Waals surface area (Å²) < 4.78 is 2.44. The number of hydrogen-bond donors (Lipinski definition) is 0. The Morgan fingerprint density at radius 3 is 2.56 bits per heavy atom. The lowest BCUT2D eigenvalue weighted by Gasteiger charge is -2.20. The Balaban J connectivity index is 2.23. The third-order valence-electron chi connectivity index (χ3n) is 4.16. The van der Waals surface area contributed by atoms with Gasteiger partial charge in [0.2, 0.25) is 0 Å². The van der Waals surface area contributed by atoms with E-state index < -0.39 is 0 Å². The first kappa shape index (κ1) is 8.76. The highest BCUT2D eigenvalue weighted by atomic mass is 15.0. The summed E-state index contributed by atoms with van der Waals surface area (Å²) in [5, 5.41) is 5.57. The Bertz CT molecular complexity index is 944. The molecule has 1 heteroatoms. The normalized spacial score (nSPS) is 13.3. The molecule has 0 spiro atoms. The molecule has 0 saturated carbocycles. The first-order valence-corrected chi connectivity index (χ1v) is 6.35. The second kappa shape index (κ2) is 2.75. The number of fused-ring (bicyclic) bond motifs is 5. The van der Waals surface area contributed by atoms with E-state index in [1.54, 1.807) is 0 Å². The summed E-state index contributed by atoms with van der Waals surface area (Å²) in [7, 11) is 0. The fraction of sp³-hybridized carbons (Fsp3) is 0.0588. The second-order valence-electron chi connectivity index (χ2n) is 5.08. The second-order valence-corrected chi connectivity index (χ2v) is 5.08. The molecule has 0 amide bonds. The van der Waals surface area contributed by atoms with Crippen LogP contribution < -0.4 is 0 Å². The van der Waals surface area contributed by atoms with E-state index in [4.69, 9.17) is 0 Å². The Morgan fingerprint density at radius 1 is 0.833 bits per heavy atom. The van der Waals surface area contributed by atoms with Crippen molar-refractivity contribution in [2.24, 2.45) is 0 Å². The molecule has 84 valence electrons. The van der Waals surface area contributed by atoms with E-state index >= 15 is 0 Å². The van der Waals surface area contributed by atoms with Gasteiger partial charge in [-0.3, -0.25) is 0 Å². The third kappa shape index (κ3) is 0.830. The summed E-state index contributed by atoms with van der Waals surface area (Å²) in [5.74, 6) is 0. The number of nitrogens with zero attached hydrogens (tertiary/aromatic N) is 1. The van der Waals surface area contributed by atoms with E-state index in [1.807, 2.05) is 0 Å². The van der Waals surface area contributed by atoms with Gasteiger partial charge in [-0.2, -0.15) is 0 Å². The molecule has 3 aromatic carbocycles. The van der Waals surface area contributed by atoms with Gasteiger partial charge in [-0.15, -0.1) is 0 Å². The fourth-order valence-corrected chi connectivity index (χ4v) is 3.38. The topological polar surface area (TPSA) is 4.93 Å². The molecule has 18 heavy (non-hydrogen) atoms.